The zero-order valence-electron chi connectivity index (χ0n) is 21.1. The van der Waals surface area contributed by atoms with E-state index in [0.717, 1.165) is 6.42 Å². The van der Waals surface area contributed by atoms with Crippen LogP contribution in [0.15, 0.2) is 27.9 Å². The Balaban J connectivity index is 1.53. The molecule has 0 aliphatic carbocycles. The van der Waals surface area contributed by atoms with Crippen LogP contribution >= 0.6 is 0 Å². The van der Waals surface area contributed by atoms with Crippen LogP contribution in [-0.2, 0) is 22.2 Å². The second-order valence-corrected chi connectivity index (χ2v) is 10.2. The van der Waals surface area contributed by atoms with Gasteiger partial charge in [-0.25, -0.2) is 18.0 Å². The van der Waals surface area contributed by atoms with Crippen molar-refractivity contribution in [1.29, 1.82) is 0 Å². The summed E-state index contributed by atoms with van der Waals surface area (Å²) < 4.78 is 22.5. The van der Waals surface area contributed by atoms with E-state index in [1.165, 1.54) is 0 Å². The summed E-state index contributed by atoms with van der Waals surface area (Å²) in [5.41, 5.74) is 1.27. The van der Waals surface area contributed by atoms with Crippen LogP contribution in [0.25, 0.3) is 16.9 Å². The molecule has 1 aromatic carbocycles. The number of aromatic nitrogens is 4. The van der Waals surface area contributed by atoms with Gasteiger partial charge < -0.3 is 19.9 Å². The van der Waals surface area contributed by atoms with E-state index in [9.17, 15) is 19.1 Å². The Labute approximate surface area is 215 Å². The Hall–Kier alpha value is -3.36. The third-order valence-corrected chi connectivity index (χ3v) is 7.38. The van der Waals surface area contributed by atoms with Crippen LogP contribution in [0.1, 0.15) is 38.2 Å². The van der Waals surface area contributed by atoms with E-state index in [1.54, 1.807) is 29.6 Å². The van der Waals surface area contributed by atoms with Gasteiger partial charge in [-0.1, -0.05) is 6.92 Å². The zero-order chi connectivity index (χ0) is 26.5. The second-order valence-electron chi connectivity index (χ2n) is 8.68. The van der Waals surface area contributed by atoms with Crippen molar-refractivity contribution in [2.75, 3.05) is 32.8 Å². The normalized spacial score (nSPS) is 15.0. The quantitative estimate of drug-likeness (QED) is 0.189. The average Bonchev–Trinajstić information content (AvgIpc) is 3.15. The van der Waals surface area contributed by atoms with Crippen molar-refractivity contribution in [2.45, 2.75) is 51.0 Å². The molecule has 0 saturated carbocycles. The van der Waals surface area contributed by atoms with Crippen LogP contribution in [0.3, 0.4) is 0 Å². The molecular weight excluding hydrogens is 502 g/mol. The fraction of sp³-hybridized carbons (Fsp3) is 0.522. The highest BCUT2D eigenvalue weighted by Crippen LogP contribution is 2.31. The van der Waals surface area contributed by atoms with E-state index in [0.29, 0.717) is 78.2 Å². The molecule has 2 aromatic heterocycles. The predicted octanol–water partition coefficient (Wildman–Crippen LogP) is 1.64. The molecule has 1 aliphatic heterocycles. The number of hydrogen-bond acceptors (Lipinski definition) is 9. The first-order valence-electron chi connectivity index (χ1n) is 12.3. The maximum absolute atomic E-state index is 13.3. The molecule has 1 fully saturated rings. The molecular formula is C23H31N7O6S. The molecule has 2 N–H and O–H groups in total. The number of nitrogens with one attached hydrogen (secondary N) is 2. The van der Waals surface area contributed by atoms with E-state index in [-0.39, 0.29) is 18.2 Å². The van der Waals surface area contributed by atoms with Gasteiger partial charge >= 0.3 is 0 Å². The van der Waals surface area contributed by atoms with Crippen LogP contribution in [0, 0.1) is 17.0 Å². The molecule has 3 heterocycles. The molecule has 200 valence electrons. The minimum Gasteiger partial charge on any atom is -0.493 e. The van der Waals surface area contributed by atoms with Gasteiger partial charge in [0, 0.05) is 25.6 Å². The molecule has 3 aromatic rings. The van der Waals surface area contributed by atoms with Gasteiger partial charge in [-0.15, -0.1) is 15.2 Å². The molecule has 13 nitrogen and oxygen atoms in total. The molecule has 0 bridgehead atoms. The van der Waals surface area contributed by atoms with Crippen molar-refractivity contribution < 1.29 is 18.9 Å². The summed E-state index contributed by atoms with van der Waals surface area (Å²) >= 11 is 0. The largest absolute Gasteiger partial charge is 0.493 e. The maximum atomic E-state index is 13.3. The Morgan fingerprint density at radius 1 is 1.32 bits per heavy atom. The number of aryl methyl sites for hydroxylation is 2. The maximum Gasteiger partial charge on any atom is 0.294 e. The van der Waals surface area contributed by atoms with Crippen LogP contribution < -0.4 is 15.6 Å². The third kappa shape index (κ3) is 5.97. The molecule has 1 saturated heterocycles. The number of benzene rings is 1. The van der Waals surface area contributed by atoms with Gasteiger partial charge in [0.2, 0.25) is 0 Å². The minimum absolute atomic E-state index is 0.0395. The first-order chi connectivity index (χ1) is 17.8. The second kappa shape index (κ2) is 11.8. The molecule has 14 heteroatoms. The molecule has 0 radical (unpaired) electrons. The summed E-state index contributed by atoms with van der Waals surface area (Å²) in [6.45, 7) is 7.86. The van der Waals surface area contributed by atoms with Crippen molar-refractivity contribution in [3.63, 3.8) is 0 Å². The van der Waals surface area contributed by atoms with Gasteiger partial charge in [0.25, 0.3) is 10.6 Å². The Kier molecular flexibility index (Phi) is 8.51. The number of fused-ring (bicyclic) bond motifs is 1. The Morgan fingerprint density at radius 3 is 2.81 bits per heavy atom. The summed E-state index contributed by atoms with van der Waals surface area (Å²) in [7, 11) is -1.42. The van der Waals surface area contributed by atoms with Crippen molar-refractivity contribution >= 4 is 16.5 Å². The number of ether oxygens (including phenoxy) is 1. The lowest BCUT2D eigenvalue weighted by Crippen LogP contribution is -2.58. The summed E-state index contributed by atoms with van der Waals surface area (Å²) in [4.78, 5) is 35.4. The van der Waals surface area contributed by atoms with Gasteiger partial charge in [0.1, 0.15) is 22.6 Å². The highest BCUT2D eigenvalue weighted by molar-refractivity contribution is 7.82. The van der Waals surface area contributed by atoms with Gasteiger partial charge in [0.05, 0.1) is 29.4 Å². The number of hydrogen-bond donors (Lipinski definition) is 2. The molecule has 37 heavy (non-hydrogen) atoms. The smallest absolute Gasteiger partial charge is 0.294 e. The number of imidazole rings is 1. The van der Waals surface area contributed by atoms with E-state index in [4.69, 9.17) is 4.74 Å². The van der Waals surface area contributed by atoms with Gasteiger partial charge in [-0.05, 0) is 51.4 Å². The van der Waals surface area contributed by atoms with E-state index in [2.05, 4.69) is 25.2 Å². The highest BCUT2D eigenvalue weighted by atomic mass is 32.2. The fourth-order valence-electron chi connectivity index (χ4n) is 4.20. The first-order valence-corrected chi connectivity index (χ1v) is 13.4. The van der Waals surface area contributed by atoms with Gasteiger partial charge in [0.15, 0.2) is 11.3 Å². The van der Waals surface area contributed by atoms with Crippen LogP contribution in [0.2, 0.25) is 0 Å². The number of aromatic amines is 1. The molecule has 0 amide bonds. The first kappa shape index (κ1) is 26.7. The fourth-order valence-corrected chi connectivity index (χ4v) is 5.53. The Bertz CT molecular complexity index is 1350. The van der Waals surface area contributed by atoms with Crippen LogP contribution in [0.5, 0.6) is 5.75 Å². The summed E-state index contributed by atoms with van der Waals surface area (Å²) in [5.74, 6) is 1.55. The van der Waals surface area contributed by atoms with E-state index >= 15 is 0 Å². The number of rotatable bonds is 13. The molecule has 1 atom stereocenters. The SMILES string of the molecule is CCCc1nc(C)c2c(=O)[nH]c(-c3cc(S(=O)N4CC(NCCCO[N+](=O)[O-])C4)ccc3OCC)nn12. The molecule has 4 rings (SSSR count). The lowest BCUT2D eigenvalue weighted by atomic mass is 10.2. The van der Waals surface area contributed by atoms with Gasteiger partial charge in [-0.2, -0.15) is 0 Å². The number of nitrogens with zero attached hydrogens (tertiary/aromatic N) is 5. The standard InChI is InChI=1S/C23H31N7O6S/c1-4-7-20-25-15(3)21-23(31)26-22(27-29(20)21)18-12-17(8-9-19(18)35-5-2)37(34)28-13-16(14-28)24-10-6-11-36-30(32)33/h8-9,12,16,24H,4-7,10-11,13-14H2,1-3H3,(H,26,27,31). The topological polar surface area (TPSA) is 157 Å². The van der Waals surface area contributed by atoms with Gasteiger partial charge in [-0.3, -0.25) is 4.79 Å². The van der Waals surface area contributed by atoms with Crippen molar-refractivity contribution in [2.24, 2.45) is 0 Å². The van der Waals surface area contributed by atoms with Crippen LogP contribution in [0.4, 0.5) is 0 Å². The van der Waals surface area contributed by atoms with E-state index in [1.807, 2.05) is 18.2 Å². The summed E-state index contributed by atoms with van der Waals surface area (Å²) in [6, 6.07) is 5.38. The monoisotopic (exact) mass is 533 g/mol. The van der Waals surface area contributed by atoms with Crippen LogP contribution in [-0.4, -0.2) is 72.1 Å². The van der Waals surface area contributed by atoms with E-state index < -0.39 is 16.1 Å². The zero-order valence-corrected chi connectivity index (χ0v) is 21.9. The molecule has 1 aliphatic rings. The average molecular weight is 534 g/mol. The Morgan fingerprint density at radius 2 is 2.11 bits per heavy atom. The molecule has 1 unspecified atom stereocenters. The predicted molar refractivity (Wildman–Crippen MR) is 136 cm³/mol. The van der Waals surface area contributed by atoms with Crippen molar-refractivity contribution in [1.82, 2.24) is 29.2 Å². The van der Waals surface area contributed by atoms with Crippen molar-refractivity contribution in [3.05, 3.63) is 50.2 Å². The lowest BCUT2D eigenvalue weighted by molar-refractivity contribution is -0.757. The molecule has 0 spiro atoms. The third-order valence-electron chi connectivity index (χ3n) is 5.96. The highest BCUT2D eigenvalue weighted by Gasteiger charge is 2.31. The van der Waals surface area contributed by atoms with Crippen molar-refractivity contribution in [3.8, 4) is 17.1 Å². The minimum atomic E-state index is -1.42. The lowest BCUT2D eigenvalue weighted by Gasteiger charge is -2.38. The number of H-pyrrole nitrogens is 1. The summed E-state index contributed by atoms with van der Waals surface area (Å²) in [6.07, 6.45) is 2.05. The summed E-state index contributed by atoms with van der Waals surface area (Å²) in [5, 5.41) is 17.4.